The van der Waals surface area contributed by atoms with E-state index in [0.717, 1.165) is 10.9 Å². The summed E-state index contributed by atoms with van der Waals surface area (Å²) < 4.78 is 0. The molecule has 3 N–H and O–H groups in total. The second kappa shape index (κ2) is 4.00. The molecule has 0 bridgehead atoms. The van der Waals surface area contributed by atoms with Gasteiger partial charge in [-0.1, -0.05) is 30.3 Å². The number of rotatable bonds is 2. The van der Waals surface area contributed by atoms with Gasteiger partial charge in [0, 0.05) is 16.5 Å². The van der Waals surface area contributed by atoms with E-state index in [1.807, 2.05) is 24.3 Å². The van der Waals surface area contributed by atoms with Crippen LogP contribution in [0.5, 0.6) is 0 Å². The third-order valence-electron chi connectivity index (χ3n) is 2.89. The number of H-pyrrole nitrogens is 1. The minimum atomic E-state index is -0.0156. The van der Waals surface area contributed by atoms with Crippen molar-refractivity contribution in [3.05, 3.63) is 59.7 Å². The Labute approximate surface area is 103 Å². The van der Waals surface area contributed by atoms with Crippen LogP contribution in [0.25, 0.3) is 10.9 Å². The molecule has 88 valence electrons. The number of aromatic amines is 1. The maximum Gasteiger partial charge on any atom is 0.193 e. The van der Waals surface area contributed by atoms with Crippen LogP contribution in [0.1, 0.15) is 15.9 Å². The van der Waals surface area contributed by atoms with Gasteiger partial charge in [0.05, 0.1) is 5.52 Å². The molecule has 0 aliphatic rings. The van der Waals surface area contributed by atoms with Crippen molar-refractivity contribution in [3.63, 3.8) is 0 Å². The Morgan fingerprint density at radius 1 is 1.06 bits per heavy atom. The number of carbonyl (C=O) groups excluding carboxylic acids is 1. The zero-order chi connectivity index (χ0) is 12.5. The van der Waals surface area contributed by atoms with Crippen molar-refractivity contribution in [1.29, 1.82) is 0 Å². The molecule has 0 aliphatic carbocycles. The fourth-order valence-electron chi connectivity index (χ4n) is 1.93. The summed E-state index contributed by atoms with van der Waals surface area (Å²) in [5.41, 5.74) is 7.84. The van der Waals surface area contributed by atoms with Gasteiger partial charge in [-0.15, -0.1) is 0 Å². The molecule has 1 aromatic heterocycles. The largest absolute Gasteiger partial charge is 0.382 e. The first-order valence-corrected chi connectivity index (χ1v) is 5.59. The van der Waals surface area contributed by atoms with Crippen molar-refractivity contribution in [2.75, 3.05) is 5.73 Å². The number of benzene rings is 2. The molecule has 2 aromatic carbocycles. The van der Waals surface area contributed by atoms with Crippen molar-refractivity contribution in [2.45, 2.75) is 0 Å². The van der Waals surface area contributed by atoms with Crippen LogP contribution in [0.4, 0.5) is 5.82 Å². The molecule has 1 heterocycles. The highest BCUT2D eigenvalue weighted by molar-refractivity contribution is 6.11. The topological polar surface area (TPSA) is 71.8 Å². The van der Waals surface area contributed by atoms with Crippen LogP contribution in [0.3, 0.4) is 0 Å². The summed E-state index contributed by atoms with van der Waals surface area (Å²) in [7, 11) is 0. The molecule has 0 radical (unpaired) electrons. The van der Waals surface area contributed by atoms with Crippen LogP contribution in [-0.4, -0.2) is 16.0 Å². The SMILES string of the molecule is Nc1n[nH]c2ccc(C(=O)c3ccccc3)cc12. The van der Waals surface area contributed by atoms with Gasteiger partial charge in [0.2, 0.25) is 0 Å². The number of carbonyl (C=O) groups is 1. The van der Waals surface area contributed by atoms with Gasteiger partial charge in [0.15, 0.2) is 11.6 Å². The van der Waals surface area contributed by atoms with E-state index < -0.39 is 0 Å². The molecule has 0 atom stereocenters. The molecule has 0 amide bonds. The summed E-state index contributed by atoms with van der Waals surface area (Å²) in [6, 6.07) is 14.5. The third-order valence-corrected chi connectivity index (χ3v) is 2.89. The number of hydrogen-bond donors (Lipinski definition) is 2. The van der Waals surface area contributed by atoms with E-state index in [0.29, 0.717) is 16.9 Å². The normalized spacial score (nSPS) is 10.7. The maximum atomic E-state index is 12.3. The zero-order valence-electron chi connectivity index (χ0n) is 9.55. The van der Waals surface area contributed by atoms with Crippen molar-refractivity contribution < 1.29 is 4.79 Å². The lowest BCUT2D eigenvalue weighted by Gasteiger charge is -2.01. The molecular formula is C14H11N3O. The first-order valence-electron chi connectivity index (χ1n) is 5.59. The van der Waals surface area contributed by atoms with E-state index in [2.05, 4.69) is 10.2 Å². The lowest BCUT2D eigenvalue weighted by Crippen LogP contribution is -2.00. The van der Waals surface area contributed by atoms with Crippen LogP contribution in [0, 0.1) is 0 Å². The number of nitrogen functional groups attached to an aromatic ring is 1. The molecule has 3 aromatic rings. The number of anilines is 1. The van der Waals surface area contributed by atoms with Crippen LogP contribution in [0.15, 0.2) is 48.5 Å². The van der Waals surface area contributed by atoms with E-state index in [1.54, 1.807) is 24.3 Å². The molecule has 0 saturated carbocycles. The second-order valence-corrected chi connectivity index (χ2v) is 4.06. The maximum absolute atomic E-state index is 12.3. The average Bonchev–Trinajstić information content (AvgIpc) is 2.80. The molecule has 0 fully saturated rings. The smallest absolute Gasteiger partial charge is 0.193 e. The fraction of sp³-hybridized carbons (Fsp3) is 0. The average molecular weight is 237 g/mol. The zero-order valence-corrected chi connectivity index (χ0v) is 9.55. The summed E-state index contributed by atoms with van der Waals surface area (Å²) in [4.78, 5) is 12.3. The Kier molecular flexibility index (Phi) is 2.34. The van der Waals surface area contributed by atoms with Gasteiger partial charge >= 0.3 is 0 Å². The van der Waals surface area contributed by atoms with Gasteiger partial charge in [-0.25, -0.2) is 0 Å². The number of nitrogens with zero attached hydrogens (tertiary/aromatic N) is 1. The number of hydrogen-bond acceptors (Lipinski definition) is 3. The monoisotopic (exact) mass is 237 g/mol. The third kappa shape index (κ3) is 1.64. The highest BCUT2D eigenvalue weighted by atomic mass is 16.1. The van der Waals surface area contributed by atoms with E-state index in [1.165, 1.54) is 0 Å². The number of fused-ring (bicyclic) bond motifs is 1. The fourth-order valence-corrected chi connectivity index (χ4v) is 1.93. The predicted molar refractivity (Wildman–Crippen MR) is 70.4 cm³/mol. The van der Waals surface area contributed by atoms with Crippen LogP contribution in [0.2, 0.25) is 0 Å². The minimum absolute atomic E-state index is 0.0156. The van der Waals surface area contributed by atoms with Crippen molar-refractivity contribution >= 4 is 22.5 Å². The second-order valence-electron chi connectivity index (χ2n) is 4.06. The molecule has 4 nitrogen and oxygen atoms in total. The van der Waals surface area contributed by atoms with Crippen molar-refractivity contribution in [1.82, 2.24) is 10.2 Å². The first kappa shape index (κ1) is 10.5. The predicted octanol–water partition coefficient (Wildman–Crippen LogP) is 2.38. The minimum Gasteiger partial charge on any atom is -0.382 e. The Hall–Kier alpha value is -2.62. The number of ketones is 1. The Bertz CT molecular complexity index is 716. The van der Waals surface area contributed by atoms with Gasteiger partial charge in [0.25, 0.3) is 0 Å². The van der Waals surface area contributed by atoms with Crippen LogP contribution >= 0.6 is 0 Å². The molecule has 18 heavy (non-hydrogen) atoms. The molecule has 4 heteroatoms. The van der Waals surface area contributed by atoms with Gasteiger partial charge in [-0.3, -0.25) is 9.89 Å². The standard InChI is InChI=1S/C14H11N3O/c15-14-11-8-10(6-7-12(11)16-17-14)13(18)9-4-2-1-3-5-9/h1-8H,(H3,15,16,17). The first-order chi connectivity index (χ1) is 8.75. The van der Waals surface area contributed by atoms with Gasteiger partial charge in [-0.2, -0.15) is 5.10 Å². The van der Waals surface area contributed by atoms with Gasteiger partial charge in [0.1, 0.15) is 0 Å². The molecule has 3 rings (SSSR count). The molecule has 0 aliphatic heterocycles. The Morgan fingerprint density at radius 3 is 2.61 bits per heavy atom. The van der Waals surface area contributed by atoms with E-state index >= 15 is 0 Å². The summed E-state index contributed by atoms with van der Waals surface area (Å²) >= 11 is 0. The number of nitrogens with two attached hydrogens (primary N) is 1. The lowest BCUT2D eigenvalue weighted by molar-refractivity contribution is 0.103. The van der Waals surface area contributed by atoms with Gasteiger partial charge < -0.3 is 5.73 Å². The molecule has 0 spiro atoms. The summed E-state index contributed by atoms with van der Waals surface area (Å²) in [6.45, 7) is 0. The van der Waals surface area contributed by atoms with E-state index in [9.17, 15) is 4.79 Å². The van der Waals surface area contributed by atoms with E-state index in [4.69, 9.17) is 5.73 Å². The van der Waals surface area contributed by atoms with Crippen molar-refractivity contribution in [2.24, 2.45) is 0 Å². The quantitative estimate of drug-likeness (QED) is 0.672. The number of aromatic nitrogens is 2. The van der Waals surface area contributed by atoms with E-state index in [-0.39, 0.29) is 5.78 Å². The summed E-state index contributed by atoms with van der Waals surface area (Å²) in [5, 5.41) is 7.49. The Balaban J connectivity index is 2.09. The summed E-state index contributed by atoms with van der Waals surface area (Å²) in [6.07, 6.45) is 0. The van der Waals surface area contributed by atoms with Crippen LogP contribution in [-0.2, 0) is 0 Å². The molecule has 0 unspecified atom stereocenters. The highest BCUT2D eigenvalue weighted by Gasteiger charge is 2.10. The van der Waals surface area contributed by atoms with Crippen molar-refractivity contribution in [3.8, 4) is 0 Å². The lowest BCUT2D eigenvalue weighted by atomic mass is 10.0. The Morgan fingerprint density at radius 2 is 1.83 bits per heavy atom. The molecular weight excluding hydrogens is 226 g/mol. The summed E-state index contributed by atoms with van der Waals surface area (Å²) in [5.74, 6) is 0.394. The molecule has 0 saturated heterocycles. The number of nitrogens with one attached hydrogen (secondary N) is 1. The van der Waals surface area contributed by atoms with Crippen LogP contribution < -0.4 is 5.73 Å². The van der Waals surface area contributed by atoms with Gasteiger partial charge in [-0.05, 0) is 18.2 Å². The highest BCUT2D eigenvalue weighted by Crippen LogP contribution is 2.20.